The van der Waals surface area contributed by atoms with Gasteiger partial charge in [-0.05, 0) is 30.9 Å². The van der Waals surface area contributed by atoms with Crippen molar-refractivity contribution < 1.29 is 19.5 Å². The summed E-state index contributed by atoms with van der Waals surface area (Å²) in [5, 5.41) is 8.87. The number of carboxylic acid groups (broad SMARTS) is 1. The largest absolute Gasteiger partial charge is 0.477 e. The fourth-order valence-corrected chi connectivity index (χ4v) is 3.76. The van der Waals surface area contributed by atoms with E-state index in [-0.39, 0.29) is 17.5 Å². The summed E-state index contributed by atoms with van der Waals surface area (Å²) in [6.45, 7) is 2.10. The number of amides is 2. The molecule has 7 heteroatoms. The Kier molecular flexibility index (Phi) is 5.85. The predicted molar refractivity (Wildman–Crippen MR) is 94.9 cm³/mol. The fourth-order valence-electron chi connectivity index (χ4n) is 3.76. The third-order valence-electron chi connectivity index (χ3n) is 5.34. The zero-order valence-corrected chi connectivity index (χ0v) is 14.9. The van der Waals surface area contributed by atoms with E-state index < -0.39 is 5.97 Å². The zero-order valence-electron chi connectivity index (χ0n) is 14.9. The summed E-state index contributed by atoms with van der Waals surface area (Å²) < 4.78 is 0. The van der Waals surface area contributed by atoms with Gasteiger partial charge >= 0.3 is 5.97 Å². The molecule has 0 spiro atoms. The van der Waals surface area contributed by atoms with E-state index in [1.807, 2.05) is 4.90 Å². The van der Waals surface area contributed by atoms with E-state index in [0.29, 0.717) is 44.1 Å². The molecule has 0 unspecified atom stereocenters. The minimum atomic E-state index is -1.12. The van der Waals surface area contributed by atoms with Crippen molar-refractivity contribution in [3.8, 4) is 0 Å². The van der Waals surface area contributed by atoms with Crippen LogP contribution in [0.15, 0.2) is 18.3 Å². The molecule has 1 aliphatic carbocycles. The molecule has 1 aliphatic heterocycles. The maximum Gasteiger partial charge on any atom is 0.354 e. The van der Waals surface area contributed by atoms with E-state index in [4.69, 9.17) is 5.11 Å². The number of carboxylic acids is 1. The molecule has 1 aromatic rings. The minimum absolute atomic E-state index is 0.0836. The second-order valence-electron chi connectivity index (χ2n) is 7.12. The van der Waals surface area contributed by atoms with Gasteiger partial charge in [0.2, 0.25) is 5.91 Å². The molecule has 0 atom stereocenters. The number of carbonyl (C=O) groups excluding carboxylic acids is 2. The van der Waals surface area contributed by atoms with E-state index in [9.17, 15) is 14.4 Å². The monoisotopic (exact) mass is 359 g/mol. The van der Waals surface area contributed by atoms with Crippen LogP contribution in [0.3, 0.4) is 0 Å². The number of aromatic carboxylic acids is 1. The lowest BCUT2D eigenvalue weighted by atomic mass is 9.86. The highest BCUT2D eigenvalue weighted by molar-refractivity contribution is 5.95. The highest BCUT2D eigenvalue weighted by Gasteiger charge is 2.27. The van der Waals surface area contributed by atoms with Gasteiger partial charge in [-0.1, -0.05) is 19.3 Å². The second kappa shape index (κ2) is 8.29. The average molecular weight is 359 g/mol. The van der Waals surface area contributed by atoms with E-state index in [2.05, 4.69) is 4.98 Å². The average Bonchev–Trinajstić information content (AvgIpc) is 2.68. The molecule has 2 amide bonds. The Bertz CT molecular complexity index is 660. The standard InChI is InChI=1S/C19H25N3O4/c23-17(12-14-4-2-1-3-5-14)21-8-10-22(11-9-21)18(24)15-6-7-16(19(25)26)20-13-15/h6-7,13-14H,1-5,8-12H2,(H,25,26). The third-order valence-corrected chi connectivity index (χ3v) is 5.34. The van der Waals surface area contributed by atoms with Crippen molar-refractivity contribution in [2.45, 2.75) is 38.5 Å². The van der Waals surface area contributed by atoms with Crippen LogP contribution in [0.4, 0.5) is 0 Å². The van der Waals surface area contributed by atoms with Crippen LogP contribution in [0, 0.1) is 5.92 Å². The van der Waals surface area contributed by atoms with Crippen molar-refractivity contribution in [2.75, 3.05) is 26.2 Å². The molecule has 1 N–H and O–H groups in total. The fraction of sp³-hybridized carbons (Fsp3) is 0.579. The topological polar surface area (TPSA) is 90.8 Å². The summed E-state index contributed by atoms with van der Waals surface area (Å²) in [6.07, 6.45) is 7.99. The maximum absolute atomic E-state index is 12.5. The number of pyridine rings is 1. The summed E-state index contributed by atoms with van der Waals surface area (Å²) in [7, 11) is 0. The highest BCUT2D eigenvalue weighted by atomic mass is 16.4. The summed E-state index contributed by atoms with van der Waals surface area (Å²) >= 11 is 0. The lowest BCUT2D eigenvalue weighted by molar-refractivity contribution is -0.133. The molecule has 7 nitrogen and oxygen atoms in total. The van der Waals surface area contributed by atoms with Gasteiger partial charge in [-0.2, -0.15) is 0 Å². The second-order valence-corrected chi connectivity index (χ2v) is 7.12. The SMILES string of the molecule is O=C(O)c1ccc(C(=O)N2CCN(C(=O)CC3CCCCC3)CC2)cn1. The number of nitrogens with zero attached hydrogens (tertiary/aromatic N) is 3. The summed E-state index contributed by atoms with van der Waals surface area (Å²) in [5.41, 5.74) is 0.289. The van der Waals surface area contributed by atoms with Gasteiger partial charge in [0.15, 0.2) is 0 Å². The van der Waals surface area contributed by atoms with Gasteiger partial charge in [0.25, 0.3) is 5.91 Å². The zero-order chi connectivity index (χ0) is 18.5. The molecular weight excluding hydrogens is 334 g/mol. The van der Waals surface area contributed by atoms with Crippen molar-refractivity contribution in [3.63, 3.8) is 0 Å². The molecule has 26 heavy (non-hydrogen) atoms. The highest BCUT2D eigenvalue weighted by Crippen LogP contribution is 2.27. The molecule has 3 rings (SSSR count). The van der Waals surface area contributed by atoms with Crippen LogP contribution in [-0.2, 0) is 4.79 Å². The van der Waals surface area contributed by atoms with Crippen LogP contribution < -0.4 is 0 Å². The normalized spacial score (nSPS) is 18.6. The van der Waals surface area contributed by atoms with Gasteiger partial charge < -0.3 is 14.9 Å². The van der Waals surface area contributed by atoms with Gasteiger partial charge in [-0.25, -0.2) is 9.78 Å². The molecular formula is C19H25N3O4. The first-order valence-electron chi connectivity index (χ1n) is 9.31. The predicted octanol–water partition coefficient (Wildman–Crippen LogP) is 2.03. The van der Waals surface area contributed by atoms with Crippen LogP contribution in [0.1, 0.15) is 59.4 Å². The number of carbonyl (C=O) groups is 3. The summed E-state index contributed by atoms with van der Waals surface area (Å²) in [6, 6.07) is 2.82. The van der Waals surface area contributed by atoms with Crippen molar-refractivity contribution in [2.24, 2.45) is 5.92 Å². The Morgan fingerprint density at radius 2 is 1.65 bits per heavy atom. The van der Waals surface area contributed by atoms with Gasteiger partial charge in [0.05, 0.1) is 5.56 Å². The van der Waals surface area contributed by atoms with Crippen molar-refractivity contribution in [1.29, 1.82) is 0 Å². The molecule has 2 aliphatic rings. The third kappa shape index (κ3) is 4.39. The van der Waals surface area contributed by atoms with Gasteiger partial charge in [0.1, 0.15) is 5.69 Å². The Hall–Kier alpha value is -2.44. The van der Waals surface area contributed by atoms with Crippen LogP contribution in [0.5, 0.6) is 0 Å². The van der Waals surface area contributed by atoms with E-state index >= 15 is 0 Å². The molecule has 0 radical (unpaired) electrons. The Labute approximate surface area is 153 Å². The number of hydrogen-bond donors (Lipinski definition) is 1. The van der Waals surface area contributed by atoms with E-state index in [1.54, 1.807) is 4.90 Å². The molecule has 2 heterocycles. The van der Waals surface area contributed by atoms with Crippen molar-refractivity contribution in [1.82, 2.24) is 14.8 Å². The van der Waals surface area contributed by atoms with Gasteiger partial charge in [-0.3, -0.25) is 9.59 Å². The smallest absolute Gasteiger partial charge is 0.354 e. The number of hydrogen-bond acceptors (Lipinski definition) is 4. The summed E-state index contributed by atoms with van der Waals surface area (Å²) in [4.78, 5) is 43.2. The molecule has 1 aromatic heterocycles. The molecule has 1 saturated carbocycles. The van der Waals surface area contributed by atoms with Gasteiger partial charge in [-0.15, -0.1) is 0 Å². The quantitative estimate of drug-likeness (QED) is 0.888. The molecule has 0 aromatic carbocycles. The first-order valence-corrected chi connectivity index (χ1v) is 9.31. The summed E-state index contributed by atoms with van der Waals surface area (Å²) in [5.74, 6) is -0.561. The molecule has 1 saturated heterocycles. The number of rotatable bonds is 4. The number of aromatic nitrogens is 1. The van der Waals surface area contributed by atoms with E-state index in [0.717, 1.165) is 12.8 Å². The Morgan fingerprint density at radius 1 is 1.00 bits per heavy atom. The van der Waals surface area contributed by atoms with Crippen molar-refractivity contribution in [3.05, 3.63) is 29.6 Å². The molecule has 0 bridgehead atoms. The molecule has 2 fully saturated rings. The Morgan fingerprint density at radius 3 is 2.23 bits per heavy atom. The van der Waals surface area contributed by atoms with Crippen LogP contribution in [0.25, 0.3) is 0 Å². The number of piperazine rings is 1. The minimum Gasteiger partial charge on any atom is -0.477 e. The first kappa shape index (κ1) is 18.4. The lowest BCUT2D eigenvalue weighted by Crippen LogP contribution is -2.50. The maximum atomic E-state index is 12.5. The van der Waals surface area contributed by atoms with Crippen LogP contribution >= 0.6 is 0 Å². The molecule has 140 valence electrons. The first-order chi connectivity index (χ1) is 12.5. The van der Waals surface area contributed by atoms with E-state index in [1.165, 1.54) is 37.6 Å². The Balaban J connectivity index is 1.50. The van der Waals surface area contributed by atoms with Crippen LogP contribution in [-0.4, -0.2) is 63.9 Å². The lowest BCUT2D eigenvalue weighted by Gasteiger charge is -2.35. The van der Waals surface area contributed by atoms with Crippen molar-refractivity contribution >= 4 is 17.8 Å². The van der Waals surface area contributed by atoms with Crippen LogP contribution in [0.2, 0.25) is 0 Å². The van der Waals surface area contributed by atoms with Gasteiger partial charge in [0, 0.05) is 38.8 Å².